The van der Waals surface area contributed by atoms with Gasteiger partial charge >= 0.3 is 0 Å². The van der Waals surface area contributed by atoms with Crippen LogP contribution in [0.4, 0.5) is 0 Å². The molecule has 0 saturated carbocycles. The van der Waals surface area contributed by atoms with Gasteiger partial charge in [-0.15, -0.1) is 23.1 Å². The third kappa shape index (κ3) is 4.03. The molecular formula is C15H15N3OS2. The van der Waals surface area contributed by atoms with Gasteiger partial charge in [0, 0.05) is 27.6 Å². The van der Waals surface area contributed by atoms with Crippen LogP contribution in [0.5, 0.6) is 5.75 Å². The first-order chi connectivity index (χ1) is 10.3. The minimum Gasteiger partial charge on any atom is -0.495 e. The van der Waals surface area contributed by atoms with Crippen LogP contribution in [0, 0.1) is 0 Å². The molecule has 0 radical (unpaired) electrons. The molecule has 2 rings (SSSR count). The number of hydrogen-bond acceptors (Lipinski definition) is 6. The fraction of sp³-hybridized carbons (Fsp3) is 0.133. The molecule has 0 fully saturated rings. The molecule has 0 amide bonds. The highest BCUT2D eigenvalue weighted by Crippen LogP contribution is 2.32. The van der Waals surface area contributed by atoms with Crippen LogP contribution in [0.15, 0.2) is 45.3 Å². The number of hydrogen-bond donors (Lipinski definition) is 0. The number of pyridine rings is 1. The zero-order valence-electron chi connectivity index (χ0n) is 11.7. The summed E-state index contributed by atoms with van der Waals surface area (Å²) in [6.07, 6.45) is 3.51. The molecular weight excluding hydrogens is 302 g/mol. The van der Waals surface area contributed by atoms with Crippen LogP contribution in [0.3, 0.4) is 0 Å². The monoisotopic (exact) mass is 317 g/mol. The van der Waals surface area contributed by atoms with Crippen LogP contribution in [0.25, 0.3) is 16.1 Å². The van der Waals surface area contributed by atoms with Crippen LogP contribution in [0.2, 0.25) is 0 Å². The summed E-state index contributed by atoms with van der Waals surface area (Å²) < 4.78 is 5.20. The van der Waals surface area contributed by atoms with Crippen LogP contribution < -0.4 is 4.74 Å². The molecule has 0 aliphatic rings. The summed E-state index contributed by atoms with van der Waals surface area (Å²) in [6, 6.07) is 4.03. The van der Waals surface area contributed by atoms with Gasteiger partial charge in [-0.05, 0) is 31.0 Å². The number of methoxy groups -OCH3 is 1. The van der Waals surface area contributed by atoms with Crippen LogP contribution >= 0.6 is 23.1 Å². The quantitative estimate of drug-likeness (QED) is 0.568. The first kappa shape index (κ1) is 15.5. The topological polar surface area (TPSA) is 46.8 Å². The van der Waals surface area contributed by atoms with Gasteiger partial charge in [-0.25, -0.2) is 0 Å². The maximum Gasteiger partial charge on any atom is 0.137 e. The summed E-state index contributed by atoms with van der Waals surface area (Å²) in [5.41, 5.74) is 2.89. The molecule has 108 valence electrons. The van der Waals surface area contributed by atoms with E-state index in [0.29, 0.717) is 5.88 Å². The molecule has 2 heterocycles. The van der Waals surface area contributed by atoms with E-state index in [2.05, 4.69) is 39.9 Å². The fourth-order valence-corrected chi connectivity index (χ4v) is 3.09. The lowest BCUT2D eigenvalue weighted by molar-refractivity contribution is 0.413. The zero-order valence-corrected chi connectivity index (χ0v) is 13.3. The standard InChI is InChI=1S/C15H15N3OS2/c1-16-10-20-9-14(17-2)12-5-15(21-8-12)11-4-13(19-3)7-18-6-11/h4-9H,1-2,10H2,3H3/b14-9-. The second-order valence-corrected chi connectivity index (χ2v) is 5.73. The largest absolute Gasteiger partial charge is 0.495 e. The van der Waals surface area contributed by atoms with Crippen molar-refractivity contribution >= 4 is 42.2 Å². The van der Waals surface area contributed by atoms with E-state index in [4.69, 9.17) is 4.74 Å². The van der Waals surface area contributed by atoms with E-state index in [9.17, 15) is 0 Å². The Kier molecular flexibility index (Phi) is 5.71. The molecule has 0 aliphatic heterocycles. The number of thioether (sulfide) groups is 1. The third-order valence-corrected chi connectivity index (χ3v) is 4.36. The van der Waals surface area contributed by atoms with Crippen molar-refractivity contribution in [3.05, 3.63) is 40.9 Å². The molecule has 2 aromatic rings. The van der Waals surface area contributed by atoms with Crippen molar-refractivity contribution in [3.8, 4) is 16.2 Å². The first-order valence-corrected chi connectivity index (χ1v) is 8.00. The Morgan fingerprint density at radius 1 is 1.43 bits per heavy atom. The van der Waals surface area contributed by atoms with Crippen molar-refractivity contribution in [1.29, 1.82) is 0 Å². The predicted octanol–water partition coefficient (Wildman–Crippen LogP) is 4.21. The number of rotatable bonds is 7. The smallest absolute Gasteiger partial charge is 0.137 e. The van der Waals surface area contributed by atoms with E-state index >= 15 is 0 Å². The summed E-state index contributed by atoms with van der Waals surface area (Å²) >= 11 is 3.17. The number of aliphatic imine (C=N–C) groups is 2. The van der Waals surface area contributed by atoms with Crippen molar-refractivity contribution in [1.82, 2.24) is 4.98 Å². The van der Waals surface area contributed by atoms with E-state index in [1.54, 1.807) is 24.6 Å². The minimum atomic E-state index is 0.607. The van der Waals surface area contributed by atoms with Gasteiger partial charge in [0.1, 0.15) is 5.75 Å². The van der Waals surface area contributed by atoms with Crippen molar-refractivity contribution < 1.29 is 4.74 Å². The van der Waals surface area contributed by atoms with Gasteiger partial charge < -0.3 is 4.74 Å². The predicted molar refractivity (Wildman–Crippen MR) is 93.6 cm³/mol. The molecule has 0 bridgehead atoms. The molecule has 0 unspecified atom stereocenters. The molecule has 21 heavy (non-hydrogen) atoms. The maximum atomic E-state index is 5.20. The molecule has 0 aromatic carbocycles. The van der Waals surface area contributed by atoms with Gasteiger partial charge in [0.2, 0.25) is 0 Å². The van der Waals surface area contributed by atoms with Crippen LogP contribution in [0.1, 0.15) is 5.56 Å². The molecule has 0 N–H and O–H groups in total. The molecule has 4 nitrogen and oxygen atoms in total. The van der Waals surface area contributed by atoms with E-state index in [-0.39, 0.29) is 0 Å². The average molecular weight is 317 g/mol. The van der Waals surface area contributed by atoms with Crippen molar-refractivity contribution in [3.63, 3.8) is 0 Å². The van der Waals surface area contributed by atoms with Gasteiger partial charge in [0.05, 0.1) is 24.9 Å². The lowest BCUT2D eigenvalue weighted by Gasteiger charge is -2.01. The second kappa shape index (κ2) is 7.75. The Morgan fingerprint density at radius 3 is 3.00 bits per heavy atom. The molecule has 0 atom stereocenters. The lowest BCUT2D eigenvalue weighted by Crippen LogP contribution is -1.84. The summed E-state index contributed by atoms with van der Waals surface area (Å²) in [6.45, 7) is 7.07. The van der Waals surface area contributed by atoms with Gasteiger partial charge in [0.25, 0.3) is 0 Å². The van der Waals surface area contributed by atoms with Crippen molar-refractivity contribution in [2.24, 2.45) is 9.98 Å². The number of aromatic nitrogens is 1. The normalized spacial score (nSPS) is 11.2. The third-order valence-electron chi connectivity index (χ3n) is 2.66. The Hall–Kier alpha value is -1.92. The summed E-state index contributed by atoms with van der Waals surface area (Å²) in [5, 5.41) is 3.99. The summed E-state index contributed by atoms with van der Waals surface area (Å²) in [5.74, 6) is 1.35. The minimum absolute atomic E-state index is 0.607. The van der Waals surface area contributed by atoms with E-state index in [1.807, 2.05) is 17.7 Å². The van der Waals surface area contributed by atoms with Gasteiger partial charge in [-0.2, -0.15) is 0 Å². The molecule has 2 aromatic heterocycles. The average Bonchev–Trinajstić information content (AvgIpc) is 3.01. The van der Waals surface area contributed by atoms with Gasteiger partial charge in [-0.3, -0.25) is 15.0 Å². The Morgan fingerprint density at radius 2 is 2.29 bits per heavy atom. The van der Waals surface area contributed by atoms with Crippen molar-refractivity contribution in [2.75, 3.05) is 13.0 Å². The lowest BCUT2D eigenvalue weighted by atomic mass is 10.2. The SMILES string of the molecule is C=NCS/C=C(\N=C)c1csc(-c2cncc(OC)c2)c1. The Labute approximate surface area is 132 Å². The molecule has 6 heteroatoms. The van der Waals surface area contributed by atoms with E-state index < -0.39 is 0 Å². The fourth-order valence-electron chi connectivity index (χ4n) is 1.65. The summed E-state index contributed by atoms with van der Waals surface area (Å²) in [7, 11) is 1.63. The Balaban J connectivity index is 2.25. The van der Waals surface area contributed by atoms with Crippen LogP contribution in [-0.4, -0.2) is 31.4 Å². The molecule has 0 saturated heterocycles. The van der Waals surface area contributed by atoms with Crippen LogP contribution in [-0.2, 0) is 0 Å². The zero-order chi connectivity index (χ0) is 15.1. The van der Waals surface area contributed by atoms with E-state index in [1.165, 1.54) is 11.8 Å². The van der Waals surface area contributed by atoms with Gasteiger partial charge in [-0.1, -0.05) is 0 Å². The van der Waals surface area contributed by atoms with Gasteiger partial charge in [0.15, 0.2) is 0 Å². The highest BCUT2D eigenvalue weighted by Gasteiger charge is 2.07. The van der Waals surface area contributed by atoms with E-state index in [0.717, 1.165) is 27.5 Å². The first-order valence-electron chi connectivity index (χ1n) is 6.07. The second-order valence-electron chi connectivity index (χ2n) is 3.99. The number of nitrogens with zero attached hydrogens (tertiary/aromatic N) is 3. The number of ether oxygens (including phenoxy) is 1. The van der Waals surface area contributed by atoms with Crippen molar-refractivity contribution in [2.45, 2.75) is 0 Å². The molecule has 0 spiro atoms. The maximum absolute atomic E-state index is 5.20. The highest BCUT2D eigenvalue weighted by molar-refractivity contribution is 8.02. The summed E-state index contributed by atoms with van der Waals surface area (Å²) in [4.78, 5) is 13.1. The molecule has 0 aliphatic carbocycles. The Bertz CT molecular complexity index is 664. The highest BCUT2D eigenvalue weighted by atomic mass is 32.2. The number of thiophene rings is 1.